The zero-order valence-electron chi connectivity index (χ0n) is 17.6. The van der Waals surface area contributed by atoms with E-state index < -0.39 is 33.6 Å². The molecule has 1 saturated heterocycles. The molecule has 8 heteroatoms. The lowest BCUT2D eigenvalue weighted by atomic mass is 9.83. The Bertz CT molecular complexity index is 976. The van der Waals surface area contributed by atoms with Crippen LogP contribution in [0.4, 0.5) is 0 Å². The van der Waals surface area contributed by atoms with Crippen molar-refractivity contribution >= 4 is 16.1 Å². The Hall–Kier alpha value is -2.26. The van der Waals surface area contributed by atoms with E-state index in [1.807, 2.05) is 37.3 Å². The Morgan fingerprint density at radius 1 is 1.13 bits per heavy atom. The van der Waals surface area contributed by atoms with Crippen molar-refractivity contribution in [2.24, 2.45) is 5.92 Å². The van der Waals surface area contributed by atoms with Crippen molar-refractivity contribution in [3.8, 4) is 0 Å². The van der Waals surface area contributed by atoms with Gasteiger partial charge in [0.1, 0.15) is 5.54 Å². The van der Waals surface area contributed by atoms with E-state index >= 15 is 0 Å². The minimum absolute atomic E-state index is 0.0700. The molecule has 3 atom stereocenters. The van der Waals surface area contributed by atoms with Gasteiger partial charge in [-0.25, -0.2) is 4.79 Å². The van der Waals surface area contributed by atoms with Crippen molar-refractivity contribution in [1.29, 1.82) is 0 Å². The minimum atomic E-state index is -3.97. The fourth-order valence-electron chi connectivity index (χ4n) is 3.67. The second kappa shape index (κ2) is 8.85. The predicted molar refractivity (Wildman–Crippen MR) is 111 cm³/mol. The number of nitrogens with zero attached hydrogens (tertiary/aromatic N) is 1. The van der Waals surface area contributed by atoms with Gasteiger partial charge < -0.3 is 4.74 Å². The molecule has 1 aliphatic rings. The zero-order chi connectivity index (χ0) is 21.9. The Morgan fingerprint density at radius 3 is 2.37 bits per heavy atom. The fourth-order valence-corrected chi connectivity index (χ4v) is 4.60. The summed E-state index contributed by atoms with van der Waals surface area (Å²) in [5.41, 5.74) is 0.683. The lowest BCUT2D eigenvalue weighted by Crippen LogP contribution is -2.53. The molecule has 0 aliphatic carbocycles. The van der Waals surface area contributed by atoms with Crippen molar-refractivity contribution in [2.75, 3.05) is 13.7 Å². The Morgan fingerprint density at radius 2 is 1.77 bits per heavy atom. The monoisotopic (exact) mass is 433 g/mol. The van der Waals surface area contributed by atoms with E-state index in [1.165, 1.54) is 19.2 Å². The van der Waals surface area contributed by atoms with Crippen molar-refractivity contribution in [3.05, 3.63) is 65.7 Å². The highest BCUT2D eigenvalue weighted by molar-refractivity contribution is 7.86. The summed E-state index contributed by atoms with van der Waals surface area (Å²) in [5, 5.41) is 1.56. The molecule has 0 bridgehead atoms. The first kappa shape index (κ1) is 22.4. The Kier molecular flexibility index (Phi) is 6.62. The van der Waals surface area contributed by atoms with Gasteiger partial charge in [0.05, 0.1) is 31.3 Å². The number of benzene rings is 2. The molecule has 0 radical (unpaired) electrons. The largest absolute Gasteiger partial charge is 0.468 e. The van der Waals surface area contributed by atoms with Crippen molar-refractivity contribution in [3.63, 3.8) is 0 Å². The van der Waals surface area contributed by atoms with Crippen molar-refractivity contribution in [2.45, 2.75) is 43.9 Å². The number of ether oxygens (including phenoxy) is 1. The molecule has 7 nitrogen and oxygen atoms in total. The smallest absolute Gasteiger partial charge is 0.328 e. The summed E-state index contributed by atoms with van der Waals surface area (Å²) < 4.78 is 35.7. The molecule has 1 fully saturated rings. The third-order valence-electron chi connectivity index (χ3n) is 5.58. The average molecular weight is 434 g/mol. The maximum Gasteiger partial charge on any atom is 0.328 e. The highest BCUT2D eigenvalue weighted by atomic mass is 32.2. The summed E-state index contributed by atoms with van der Waals surface area (Å²) in [6, 6.07) is 16.0. The third kappa shape index (κ3) is 4.41. The van der Waals surface area contributed by atoms with Gasteiger partial charge in [0, 0.05) is 5.92 Å². The van der Waals surface area contributed by atoms with E-state index in [9.17, 15) is 13.2 Å². The van der Waals surface area contributed by atoms with Crippen LogP contribution < -0.4 is 0 Å². The summed E-state index contributed by atoms with van der Waals surface area (Å²) in [4.78, 5) is 18.8. The molecule has 2 aromatic rings. The second-order valence-corrected chi connectivity index (χ2v) is 9.25. The maximum absolute atomic E-state index is 12.8. The summed E-state index contributed by atoms with van der Waals surface area (Å²) >= 11 is 0. The Balaban J connectivity index is 1.83. The molecule has 30 heavy (non-hydrogen) atoms. The number of esters is 1. The van der Waals surface area contributed by atoms with Crippen LogP contribution in [0.1, 0.15) is 25.0 Å². The quantitative estimate of drug-likeness (QED) is 0.490. The molecule has 1 aliphatic heterocycles. The zero-order valence-corrected chi connectivity index (χ0v) is 18.4. The number of rotatable bonds is 7. The average Bonchev–Trinajstić information content (AvgIpc) is 2.97. The SMILES string of the molecule is COC(=O)[C@@]1(C)[C@H](COS(=O)(=O)c2ccc(C)cc2)[C@@H](C)ON1Cc1ccccc1. The molecular weight excluding hydrogens is 406 g/mol. The first-order valence-corrected chi connectivity index (χ1v) is 11.1. The molecule has 162 valence electrons. The van der Waals surface area contributed by atoms with Crippen LogP contribution in [0.2, 0.25) is 0 Å². The number of hydrogen-bond donors (Lipinski definition) is 0. The molecule has 3 rings (SSSR count). The highest BCUT2D eigenvalue weighted by Crippen LogP contribution is 2.40. The van der Waals surface area contributed by atoms with Crippen LogP contribution in [0.15, 0.2) is 59.5 Å². The van der Waals surface area contributed by atoms with E-state index in [0.29, 0.717) is 6.54 Å². The lowest BCUT2D eigenvalue weighted by molar-refractivity contribution is -0.202. The van der Waals surface area contributed by atoms with Crippen molar-refractivity contribution in [1.82, 2.24) is 5.06 Å². The first-order valence-electron chi connectivity index (χ1n) is 9.71. The number of carbonyl (C=O) groups is 1. The predicted octanol–water partition coefficient (Wildman–Crippen LogP) is 3.08. The van der Waals surface area contributed by atoms with Crippen molar-refractivity contribution < 1.29 is 27.0 Å². The van der Waals surface area contributed by atoms with Gasteiger partial charge in [-0.3, -0.25) is 9.02 Å². The number of hydrogen-bond acceptors (Lipinski definition) is 7. The molecule has 0 amide bonds. The number of carbonyl (C=O) groups excluding carboxylic acids is 1. The van der Waals surface area contributed by atoms with Crippen LogP contribution in [-0.4, -0.2) is 44.8 Å². The summed E-state index contributed by atoms with van der Waals surface area (Å²) in [6.07, 6.45) is -0.453. The molecule has 0 saturated carbocycles. The van der Waals surface area contributed by atoms with Crippen LogP contribution in [-0.2, 0) is 35.2 Å². The van der Waals surface area contributed by atoms with Crippen LogP contribution >= 0.6 is 0 Å². The Labute approximate surface area is 177 Å². The van der Waals surface area contributed by atoms with E-state index in [2.05, 4.69) is 0 Å². The summed E-state index contributed by atoms with van der Waals surface area (Å²) in [6.45, 7) is 5.49. The lowest BCUT2D eigenvalue weighted by Gasteiger charge is -2.33. The summed E-state index contributed by atoms with van der Waals surface area (Å²) in [5.74, 6) is -1.07. The van der Waals surface area contributed by atoms with E-state index in [1.54, 1.807) is 31.0 Å². The number of aryl methyl sites for hydroxylation is 1. The van der Waals surface area contributed by atoms with E-state index in [0.717, 1.165) is 11.1 Å². The van der Waals surface area contributed by atoms with Gasteiger partial charge in [0.25, 0.3) is 10.1 Å². The number of methoxy groups -OCH3 is 1. The molecule has 0 spiro atoms. The maximum atomic E-state index is 12.8. The van der Waals surface area contributed by atoms with Crippen LogP contribution in [0.3, 0.4) is 0 Å². The highest BCUT2D eigenvalue weighted by Gasteiger charge is 2.57. The molecular formula is C22H27NO6S. The van der Waals surface area contributed by atoms with Crippen LogP contribution in [0.5, 0.6) is 0 Å². The van der Waals surface area contributed by atoms with E-state index in [4.69, 9.17) is 13.8 Å². The second-order valence-electron chi connectivity index (χ2n) is 7.63. The molecule has 1 heterocycles. The van der Waals surface area contributed by atoms with Gasteiger partial charge in [0.2, 0.25) is 0 Å². The van der Waals surface area contributed by atoms with Gasteiger partial charge in [-0.15, -0.1) is 0 Å². The van der Waals surface area contributed by atoms with Gasteiger partial charge in [0.15, 0.2) is 0 Å². The van der Waals surface area contributed by atoms with Gasteiger partial charge in [-0.1, -0.05) is 48.0 Å². The molecule has 0 N–H and O–H groups in total. The molecule has 0 unspecified atom stereocenters. The van der Waals surface area contributed by atoms with Crippen LogP contribution in [0.25, 0.3) is 0 Å². The van der Waals surface area contributed by atoms with E-state index in [-0.39, 0.29) is 11.5 Å². The number of hydroxylamine groups is 2. The molecule has 0 aromatic heterocycles. The fraction of sp³-hybridized carbons (Fsp3) is 0.409. The summed E-state index contributed by atoms with van der Waals surface area (Å²) in [7, 11) is -2.67. The normalized spacial score (nSPS) is 24.7. The molecule has 2 aromatic carbocycles. The first-order chi connectivity index (χ1) is 14.2. The minimum Gasteiger partial charge on any atom is -0.468 e. The third-order valence-corrected chi connectivity index (χ3v) is 6.88. The van der Waals surface area contributed by atoms with Gasteiger partial charge in [-0.2, -0.15) is 13.5 Å². The van der Waals surface area contributed by atoms with Gasteiger partial charge >= 0.3 is 5.97 Å². The topological polar surface area (TPSA) is 82.1 Å². The standard InChI is InChI=1S/C22H27NO6S/c1-16-10-12-19(13-11-16)30(25,26)28-15-20-17(2)29-23(22(20,3)21(24)27-4)14-18-8-6-5-7-9-18/h5-13,17,20H,14-15H2,1-4H3/t17-,20-,22-/m1/s1. The van der Waals surface area contributed by atoms with Gasteiger partial charge in [-0.05, 0) is 38.5 Å². The van der Waals surface area contributed by atoms with Crippen LogP contribution in [0, 0.1) is 12.8 Å².